The average molecular weight is 566 g/mol. The highest BCUT2D eigenvalue weighted by molar-refractivity contribution is 7.92. The summed E-state index contributed by atoms with van der Waals surface area (Å²) < 4.78 is 34.6. The van der Waals surface area contributed by atoms with Crippen LogP contribution in [0.3, 0.4) is 0 Å². The first-order valence-electron chi connectivity index (χ1n) is 13.5. The van der Waals surface area contributed by atoms with E-state index in [2.05, 4.69) is 5.32 Å². The van der Waals surface area contributed by atoms with Gasteiger partial charge in [-0.05, 0) is 56.5 Å². The number of sulfonamides is 1. The lowest BCUT2D eigenvalue weighted by Crippen LogP contribution is -2.52. The van der Waals surface area contributed by atoms with Crippen molar-refractivity contribution in [3.8, 4) is 5.75 Å². The molecule has 9 heteroatoms. The number of carbonyl (C=O) groups excluding carboxylic acids is 2. The second-order valence-corrected chi connectivity index (χ2v) is 11.6. The molecule has 0 aliphatic carbocycles. The predicted molar refractivity (Wildman–Crippen MR) is 158 cm³/mol. The third-order valence-corrected chi connectivity index (χ3v) is 8.39. The molecule has 3 aromatic rings. The summed E-state index contributed by atoms with van der Waals surface area (Å²) in [6.45, 7) is 7.75. The van der Waals surface area contributed by atoms with E-state index in [4.69, 9.17) is 4.74 Å². The number of hydrogen-bond acceptors (Lipinski definition) is 5. The van der Waals surface area contributed by atoms with E-state index < -0.39 is 28.5 Å². The van der Waals surface area contributed by atoms with Crippen LogP contribution in [0.1, 0.15) is 43.4 Å². The lowest BCUT2D eigenvalue weighted by atomic mass is 10.1. The van der Waals surface area contributed by atoms with Gasteiger partial charge in [0, 0.05) is 13.1 Å². The van der Waals surface area contributed by atoms with Gasteiger partial charge in [0.2, 0.25) is 11.8 Å². The van der Waals surface area contributed by atoms with Gasteiger partial charge in [0.1, 0.15) is 18.3 Å². The number of methoxy groups -OCH3 is 1. The largest absolute Gasteiger partial charge is 0.495 e. The van der Waals surface area contributed by atoms with E-state index >= 15 is 0 Å². The highest BCUT2D eigenvalue weighted by atomic mass is 32.2. The van der Waals surface area contributed by atoms with E-state index in [0.717, 1.165) is 27.4 Å². The standard InChI is InChI=1S/C31H39N3O5S/c1-6-19-32-31(36)27(7-2)33(21-25-12-10-11-24(4)20-25)30(35)22-34(28-13-8-9-14-29(28)39-5)40(37,38)26-17-15-23(3)16-18-26/h8-18,20,27H,6-7,19,21-22H2,1-5H3,(H,32,36)/t27-/m1/s1. The molecule has 0 aliphatic rings. The number of hydrogen-bond donors (Lipinski definition) is 1. The highest BCUT2D eigenvalue weighted by Crippen LogP contribution is 2.32. The van der Waals surface area contributed by atoms with Crippen LogP contribution in [0, 0.1) is 13.8 Å². The molecule has 0 aliphatic heterocycles. The zero-order valence-electron chi connectivity index (χ0n) is 23.9. The molecule has 0 bridgehead atoms. The van der Waals surface area contributed by atoms with Gasteiger partial charge in [0.15, 0.2) is 0 Å². The number of para-hydroxylation sites is 2. The quantitative estimate of drug-likeness (QED) is 0.320. The van der Waals surface area contributed by atoms with E-state index in [1.165, 1.54) is 24.1 Å². The fourth-order valence-corrected chi connectivity index (χ4v) is 5.90. The van der Waals surface area contributed by atoms with Crippen molar-refractivity contribution in [2.45, 2.75) is 58.0 Å². The van der Waals surface area contributed by atoms with E-state index in [0.29, 0.717) is 18.7 Å². The molecule has 3 aromatic carbocycles. The second-order valence-electron chi connectivity index (χ2n) is 9.72. The first-order valence-corrected chi connectivity index (χ1v) is 14.9. The summed E-state index contributed by atoms with van der Waals surface area (Å²) in [7, 11) is -2.72. The average Bonchev–Trinajstić information content (AvgIpc) is 2.94. The molecule has 2 amide bonds. The van der Waals surface area contributed by atoms with Crippen molar-refractivity contribution in [3.05, 3.63) is 89.5 Å². The van der Waals surface area contributed by atoms with E-state index in [1.807, 2.05) is 52.0 Å². The van der Waals surface area contributed by atoms with Crippen LogP contribution < -0.4 is 14.4 Å². The Balaban J connectivity index is 2.09. The number of nitrogens with one attached hydrogen (secondary N) is 1. The minimum Gasteiger partial charge on any atom is -0.495 e. The Kier molecular flexibility index (Phi) is 10.7. The summed E-state index contributed by atoms with van der Waals surface area (Å²) in [5.41, 5.74) is 3.01. The van der Waals surface area contributed by atoms with E-state index in [-0.39, 0.29) is 23.0 Å². The number of ether oxygens (including phenoxy) is 1. The summed E-state index contributed by atoms with van der Waals surface area (Å²) in [6, 6.07) is 20.1. The van der Waals surface area contributed by atoms with Crippen LogP contribution >= 0.6 is 0 Å². The molecule has 0 radical (unpaired) electrons. The Morgan fingerprint density at radius 3 is 2.25 bits per heavy atom. The number of aryl methyl sites for hydroxylation is 2. The molecule has 214 valence electrons. The minimum absolute atomic E-state index is 0.0507. The molecule has 1 N–H and O–H groups in total. The van der Waals surface area contributed by atoms with Crippen LogP contribution in [0.2, 0.25) is 0 Å². The first kappa shape index (κ1) is 30.7. The van der Waals surface area contributed by atoms with Gasteiger partial charge < -0.3 is 15.0 Å². The van der Waals surface area contributed by atoms with Gasteiger partial charge in [-0.15, -0.1) is 0 Å². The molecule has 0 aromatic heterocycles. The summed E-state index contributed by atoms with van der Waals surface area (Å²) in [5, 5.41) is 2.90. The van der Waals surface area contributed by atoms with Crippen LogP contribution in [0.4, 0.5) is 5.69 Å². The molecule has 0 saturated carbocycles. The maximum Gasteiger partial charge on any atom is 0.264 e. The molecule has 0 heterocycles. The van der Waals surface area contributed by atoms with Crippen molar-refractivity contribution in [2.75, 3.05) is 24.5 Å². The van der Waals surface area contributed by atoms with Crippen molar-refractivity contribution < 1.29 is 22.7 Å². The Morgan fingerprint density at radius 1 is 0.925 bits per heavy atom. The van der Waals surface area contributed by atoms with Crippen LogP contribution in [-0.4, -0.2) is 51.4 Å². The Morgan fingerprint density at radius 2 is 1.62 bits per heavy atom. The number of nitrogens with zero attached hydrogens (tertiary/aromatic N) is 2. The Bertz CT molecular complexity index is 1410. The smallest absolute Gasteiger partial charge is 0.264 e. The Hall–Kier alpha value is -3.85. The molecule has 0 unspecified atom stereocenters. The zero-order chi connectivity index (χ0) is 29.3. The van der Waals surface area contributed by atoms with Crippen LogP contribution in [0.5, 0.6) is 5.75 Å². The molecule has 40 heavy (non-hydrogen) atoms. The topological polar surface area (TPSA) is 96.0 Å². The number of amides is 2. The highest BCUT2D eigenvalue weighted by Gasteiger charge is 2.34. The van der Waals surface area contributed by atoms with Crippen molar-refractivity contribution in [1.29, 1.82) is 0 Å². The summed E-state index contributed by atoms with van der Waals surface area (Å²) >= 11 is 0. The van der Waals surface area contributed by atoms with Crippen LogP contribution in [0.25, 0.3) is 0 Å². The molecule has 0 fully saturated rings. The third kappa shape index (κ3) is 7.41. The van der Waals surface area contributed by atoms with Gasteiger partial charge in [-0.1, -0.05) is 73.5 Å². The SMILES string of the molecule is CCCNC(=O)[C@@H](CC)N(Cc1cccc(C)c1)C(=O)CN(c1ccccc1OC)S(=O)(=O)c1ccc(C)cc1. The molecule has 0 saturated heterocycles. The van der Waals surface area contributed by atoms with Crippen molar-refractivity contribution in [3.63, 3.8) is 0 Å². The fraction of sp³-hybridized carbons (Fsp3) is 0.355. The Labute approximate surface area is 238 Å². The normalized spacial score (nSPS) is 11.9. The lowest BCUT2D eigenvalue weighted by molar-refractivity contribution is -0.140. The summed E-state index contributed by atoms with van der Waals surface area (Å²) in [5.74, 6) is -0.457. The number of benzene rings is 3. The van der Waals surface area contributed by atoms with Gasteiger partial charge in [-0.3, -0.25) is 13.9 Å². The molecule has 8 nitrogen and oxygen atoms in total. The van der Waals surface area contributed by atoms with Gasteiger partial charge in [-0.2, -0.15) is 0 Å². The lowest BCUT2D eigenvalue weighted by Gasteiger charge is -2.33. The summed E-state index contributed by atoms with van der Waals surface area (Å²) in [6.07, 6.45) is 1.12. The van der Waals surface area contributed by atoms with Crippen molar-refractivity contribution in [1.82, 2.24) is 10.2 Å². The van der Waals surface area contributed by atoms with E-state index in [1.54, 1.807) is 36.4 Å². The van der Waals surface area contributed by atoms with Gasteiger partial charge in [0.05, 0.1) is 17.7 Å². The molecule has 1 atom stereocenters. The molecular formula is C31H39N3O5S. The van der Waals surface area contributed by atoms with Crippen molar-refractivity contribution >= 4 is 27.5 Å². The molecule has 0 spiro atoms. The number of carbonyl (C=O) groups is 2. The third-order valence-electron chi connectivity index (χ3n) is 6.61. The zero-order valence-corrected chi connectivity index (χ0v) is 24.7. The first-order chi connectivity index (χ1) is 19.1. The van der Waals surface area contributed by atoms with Crippen LogP contribution in [-0.2, 0) is 26.2 Å². The molecular weight excluding hydrogens is 526 g/mol. The van der Waals surface area contributed by atoms with E-state index in [9.17, 15) is 18.0 Å². The second kappa shape index (κ2) is 14.0. The van der Waals surface area contributed by atoms with Gasteiger partial charge >= 0.3 is 0 Å². The van der Waals surface area contributed by atoms with Gasteiger partial charge in [-0.25, -0.2) is 8.42 Å². The monoisotopic (exact) mass is 565 g/mol. The maximum atomic E-state index is 14.1. The number of rotatable bonds is 13. The summed E-state index contributed by atoms with van der Waals surface area (Å²) in [4.78, 5) is 28.8. The fourth-order valence-electron chi connectivity index (χ4n) is 4.48. The van der Waals surface area contributed by atoms with Crippen molar-refractivity contribution in [2.24, 2.45) is 0 Å². The minimum atomic E-state index is -4.17. The maximum absolute atomic E-state index is 14.1. The number of anilines is 1. The molecule has 3 rings (SSSR count). The van der Waals surface area contributed by atoms with Crippen LogP contribution in [0.15, 0.2) is 77.7 Å². The predicted octanol–water partition coefficient (Wildman–Crippen LogP) is 4.84. The van der Waals surface area contributed by atoms with Gasteiger partial charge in [0.25, 0.3) is 10.0 Å².